The van der Waals surface area contributed by atoms with E-state index < -0.39 is 0 Å². The second kappa shape index (κ2) is 5.56. The van der Waals surface area contributed by atoms with Gasteiger partial charge in [0.05, 0.1) is 0 Å². The number of nitrogens with one attached hydrogen (secondary N) is 1. The maximum absolute atomic E-state index is 5.73. The third-order valence-corrected chi connectivity index (χ3v) is 2.38. The van der Waals surface area contributed by atoms with Gasteiger partial charge in [-0.2, -0.15) is 0 Å². The van der Waals surface area contributed by atoms with Crippen LogP contribution in [0.1, 0.15) is 39.5 Å². The fraction of sp³-hybridized carbons (Fsp3) is 1.00. The van der Waals surface area contributed by atoms with E-state index in [1.165, 1.54) is 25.7 Å². The Morgan fingerprint density at radius 2 is 1.64 bits per heavy atom. The number of rotatable bonds is 6. The van der Waals surface area contributed by atoms with Crippen molar-refractivity contribution in [3.63, 3.8) is 0 Å². The maximum atomic E-state index is 5.73. The lowest BCUT2D eigenvalue weighted by Crippen LogP contribution is -2.49. The number of hydrogen-bond donors (Lipinski definition) is 2. The van der Waals surface area contributed by atoms with Gasteiger partial charge in [-0.05, 0) is 19.9 Å². The quantitative estimate of drug-likeness (QED) is 0.615. The molecule has 0 saturated carbocycles. The van der Waals surface area contributed by atoms with Crippen LogP contribution in [-0.2, 0) is 0 Å². The first-order valence-electron chi connectivity index (χ1n) is 4.63. The first-order chi connectivity index (χ1) is 5.24. The van der Waals surface area contributed by atoms with Crippen molar-refractivity contribution in [2.75, 3.05) is 13.6 Å². The molecule has 0 radical (unpaired) electrons. The van der Waals surface area contributed by atoms with E-state index in [9.17, 15) is 0 Å². The summed E-state index contributed by atoms with van der Waals surface area (Å²) in [6.07, 6.45) is 4.79. The van der Waals surface area contributed by atoms with Crippen LogP contribution in [0.3, 0.4) is 0 Å². The molecule has 2 nitrogen and oxygen atoms in total. The zero-order valence-electron chi connectivity index (χ0n) is 8.11. The van der Waals surface area contributed by atoms with Crippen molar-refractivity contribution in [3.8, 4) is 0 Å². The van der Waals surface area contributed by atoms with Crippen LogP contribution in [-0.4, -0.2) is 19.1 Å². The maximum Gasteiger partial charge on any atom is 0.0301 e. The molecule has 3 N–H and O–H groups in total. The average Bonchev–Trinajstić information content (AvgIpc) is 2.04. The van der Waals surface area contributed by atoms with Crippen LogP contribution in [0.2, 0.25) is 0 Å². The van der Waals surface area contributed by atoms with Gasteiger partial charge in [0.2, 0.25) is 0 Å². The van der Waals surface area contributed by atoms with Gasteiger partial charge in [0.15, 0.2) is 0 Å². The fourth-order valence-electron chi connectivity index (χ4n) is 1.64. The van der Waals surface area contributed by atoms with Gasteiger partial charge in [-0.25, -0.2) is 0 Å². The zero-order valence-corrected chi connectivity index (χ0v) is 8.11. The molecule has 0 aromatic carbocycles. The lowest BCUT2D eigenvalue weighted by molar-refractivity contribution is 0.304. The highest BCUT2D eigenvalue weighted by atomic mass is 15.0. The van der Waals surface area contributed by atoms with Crippen molar-refractivity contribution in [1.82, 2.24) is 5.32 Å². The molecule has 0 spiro atoms. The Morgan fingerprint density at radius 1 is 1.18 bits per heavy atom. The van der Waals surface area contributed by atoms with Crippen molar-refractivity contribution in [2.45, 2.75) is 45.1 Å². The molecule has 11 heavy (non-hydrogen) atoms. The minimum Gasteiger partial charge on any atom is -0.329 e. The Morgan fingerprint density at radius 3 is 1.82 bits per heavy atom. The molecular weight excluding hydrogens is 136 g/mol. The molecule has 0 aliphatic rings. The number of likely N-dealkylation sites (N-methyl/N-ethyl adjacent to an activating group) is 1. The molecule has 2 heteroatoms. The molecule has 0 bridgehead atoms. The van der Waals surface area contributed by atoms with Gasteiger partial charge in [0.1, 0.15) is 0 Å². The van der Waals surface area contributed by atoms with Crippen LogP contribution in [0.4, 0.5) is 0 Å². The third-order valence-electron chi connectivity index (χ3n) is 2.38. The lowest BCUT2D eigenvalue weighted by Gasteiger charge is -2.31. The predicted molar refractivity (Wildman–Crippen MR) is 50.7 cm³/mol. The van der Waals surface area contributed by atoms with Crippen LogP contribution in [0.15, 0.2) is 0 Å². The van der Waals surface area contributed by atoms with Crippen molar-refractivity contribution in [3.05, 3.63) is 0 Å². The summed E-state index contributed by atoms with van der Waals surface area (Å²) in [5, 5.41) is 3.34. The number of hydrogen-bond acceptors (Lipinski definition) is 2. The van der Waals surface area contributed by atoms with Gasteiger partial charge in [-0.1, -0.05) is 26.7 Å². The highest BCUT2D eigenvalue weighted by Gasteiger charge is 2.23. The summed E-state index contributed by atoms with van der Waals surface area (Å²) in [4.78, 5) is 0. The van der Waals surface area contributed by atoms with E-state index in [4.69, 9.17) is 5.73 Å². The highest BCUT2D eigenvalue weighted by molar-refractivity contribution is 4.86. The Bertz CT molecular complexity index is 79.6. The minimum absolute atomic E-state index is 0.212. The van der Waals surface area contributed by atoms with Crippen molar-refractivity contribution in [2.24, 2.45) is 5.73 Å². The van der Waals surface area contributed by atoms with Crippen molar-refractivity contribution >= 4 is 0 Å². The van der Waals surface area contributed by atoms with E-state index in [0.717, 1.165) is 6.54 Å². The molecule has 0 aliphatic carbocycles. The summed E-state index contributed by atoms with van der Waals surface area (Å²) in [5.74, 6) is 0. The van der Waals surface area contributed by atoms with Gasteiger partial charge in [0, 0.05) is 12.1 Å². The van der Waals surface area contributed by atoms with Crippen LogP contribution in [0.5, 0.6) is 0 Å². The summed E-state index contributed by atoms with van der Waals surface area (Å²) in [7, 11) is 2.01. The normalized spacial score (nSPS) is 12.0. The molecule has 0 rings (SSSR count). The van der Waals surface area contributed by atoms with Crippen LogP contribution in [0.25, 0.3) is 0 Å². The summed E-state index contributed by atoms with van der Waals surface area (Å²) in [5.41, 5.74) is 5.94. The summed E-state index contributed by atoms with van der Waals surface area (Å²) in [6.45, 7) is 5.17. The molecule has 0 unspecified atom stereocenters. The van der Waals surface area contributed by atoms with E-state index in [1.807, 2.05) is 7.05 Å². The Hall–Kier alpha value is -0.0800. The molecule has 0 saturated heterocycles. The van der Waals surface area contributed by atoms with E-state index in [2.05, 4.69) is 19.2 Å². The van der Waals surface area contributed by atoms with Gasteiger partial charge in [-0.3, -0.25) is 0 Å². The minimum atomic E-state index is 0.212. The first kappa shape index (κ1) is 10.9. The molecule has 0 aromatic heterocycles. The van der Waals surface area contributed by atoms with Crippen molar-refractivity contribution < 1.29 is 0 Å². The molecular formula is C9H22N2. The summed E-state index contributed by atoms with van der Waals surface area (Å²) in [6, 6.07) is 0. The molecule has 0 heterocycles. The molecule has 0 amide bonds. The lowest BCUT2D eigenvalue weighted by atomic mass is 9.89. The topological polar surface area (TPSA) is 38.0 Å². The zero-order chi connectivity index (χ0) is 8.74. The van der Waals surface area contributed by atoms with Crippen LogP contribution >= 0.6 is 0 Å². The molecule has 0 atom stereocenters. The van der Waals surface area contributed by atoms with Crippen molar-refractivity contribution in [1.29, 1.82) is 0 Å². The smallest absolute Gasteiger partial charge is 0.0301 e. The largest absolute Gasteiger partial charge is 0.329 e. The Balaban J connectivity index is 3.96. The molecule has 0 fully saturated rings. The highest BCUT2D eigenvalue weighted by Crippen LogP contribution is 2.17. The van der Waals surface area contributed by atoms with Gasteiger partial charge in [0.25, 0.3) is 0 Å². The standard InChI is InChI=1S/C9H22N2/c1-4-6-9(8-10,11-3)7-5-2/h11H,4-8,10H2,1-3H3. The second-order valence-electron chi connectivity index (χ2n) is 3.23. The molecule has 0 aliphatic heterocycles. The second-order valence-corrected chi connectivity index (χ2v) is 3.23. The SMILES string of the molecule is CCCC(CN)(CCC)NC. The van der Waals surface area contributed by atoms with E-state index in [-0.39, 0.29) is 5.54 Å². The monoisotopic (exact) mass is 158 g/mol. The molecule has 0 aromatic rings. The molecule has 68 valence electrons. The van der Waals surface area contributed by atoms with E-state index in [1.54, 1.807) is 0 Å². The van der Waals surface area contributed by atoms with E-state index in [0.29, 0.717) is 0 Å². The summed E-state index contributed by atoms with van der Waals surface area (Å²) < 4.78 is 0. The Labute approximate surface area is 70.5 Å². The number of nitrogens with two attached hydrogens (primary N) is 1. The van der Waals surface area contributed by atoms with E-state index >= 15 is 0 Å². The Kier molecular flexibility index (Phi) is 5.51. The average molecular weight is 158 g/mol. The third kappa shape index (κ3) is 3.21. The summed E-state index contributed by atoms with van der Waals surface area (Å²) >= 11 is 0. The van der Waals surface area contributed by atoms with Gasteiger partial charge in [-0.15, -0.1) is 0 Å². The van der Waals surface area contributed by atoms with Gasteiger partial charge < -0.3 is 11.1 Å². The van der Waals surface area contributed by atoms with Crippen LogP contribution < -0.4 is 11.1 Å². The predicted octanol–water partition coefficient (Wildman–Crippen LogP) is 1.50. The van der Waals surface area contributed by atoms with Gasteiger partial charge >= 0.3 is 0 Å². The van der Waals surface area contributed by atoms with Crippen LogP contribution in [0, 0.1) is 0 Å². The fourth-order valence-corrected chi connectivity index (χ4v) is 1.64. The first-order valence-corrected chi connectivity index (χ1v) is 4.63.